The molecule has 8 rings (SSSR count). The SMILES string of the molecule is CCN(CC)Cc1ccc2c3ccc(Cn4c5ccccc5c5ccccc54)cc3n(-c3ccccc3-c3ccccc3)c2c1. The highest BCUT2D eigenvalue weighted by Crippen LogP contribution is 2.38. The summed E-state index contributed by atoms with van der Waals surface area (Å²) in [5, 5.41) is 5.19. The molecule has 3 heteroatoms. The number of benzene rings is 6. The van der Waals surface area contributed by atoms with Gasteiger partial charge in [0.05, 0.1) is 16.7 Å². The summed E-state index contributed by atoms with van der Waals surface area (Å²) >= 11 is 0. The Bertz CT molecular complexity index is 2250. The minimum absolute atomic E-state index is 0.805. The van der Waals surface area contributed by atoms with Crippen LogP contribution in [0.25, 0.3) is 60.4 Å². The summed E-state index contributed by atoms with van der Waals surface area (Å²) in [6, 6.07) is 51.3. The lowest BCUT2D eigenvalue weighted by atomic mass is 10.0. The van der Waals surface area contributed by atoms with Crippen LogP contribution in [0, 0.1) is 0 Å². The molecule has 0 saturated heterocycles. The molecule has 0 radical (unpaired) electrons. The predicted octanol–water partition coefficient (Wildman–Crippen LogP) is 10.4. The van der Waals surface area contributed by atoms with Crippen LogP contribution >= 0.6 is 0 Å². The quantitative estimate of drug-likeness (QED) is 0.173. The fourth-order valence-electron chi connectivity index (χ4n) is 7.16. The monoisotopic (exact) mass is 583 g/mol. The molecule has 0 aliphatic rings. The normalized spacial score (nSPS) is 11.9. The van der Waals surface area contributed by atoms with Crippen molar-refractivity contribution in [1.82, 2.24) is 14.0 Å². The van der Waals surface area contributed by atoms with Gasteiger partial charge in [0.15, 0.2) is 0 Å². The number of hydrogen-bond acceptors (Lipinski definition) is 1. The van der Waals surface area contributed by atoms with Gasteiger partial charge in [-0.15, -0.1) is 0 Å². The van der Waals surface area contributed by atoms with E-state index in [1.807, 2.05) is 0 Å². The van der Waals surface area contributed by atoms with Crippen molar-refractivity contribution < 1.29 is 0 Å². The van der Waals surface area contributed by atoms with Crippen molar-refractivity contribution in [3.8, 4) is 16.8 Å². The summed E-state index contributed by atoms with van der Waals surface area (Å²) in [4.78, 5) is 2.48. The lowest BCUT2D eigenvalue weighted by Gasteiger charge is -2.18. The Hall–Kier alpha value is -5.12. The van der Waals surface area contributed by atoms with Crippen LogP contribution in [0.4, 0.5) is 0 Å². The van der Waals surface area contributed by atoms with Crippen LogP contribution < -0.4 is 0 Å². The summed E-state index contributed by atoms with van der Waals surface area (Å²) in [5.41, 5.74) is 11.3. The van der Waals surface area contributed by atoms with Crippen molar-refractivity contribution in [2.45, 2.75) is 26.9 Å². The number of rotatable bonds is 8. The highest BCUT2D eigenvalue weighted by molar-refractivity contribution is 6.10. The van der Waals surface area contributed by atoms with Crippen LogP contribution in [-0.2, 0) is 13.1 Å². The van der Waals surface area contributed by atoms with Crippen LogP contribution in [0.5, 0.6) is 0 Å². The van der Waals surface area contributed by atoms with Gasteiger partial charge in [-0.3, -0.25) is 4.90 Å². The molecule has 45 heavy (non-hydrogen) atoms. The first-order chi connectivity index (χ1) is 22.2. The van der Waals surface area contributed by atoms with Gasteiger partial charge in [-0.2, -0.15) is 0 Å². The Labute approximate surface area is 264 Å². The zero-order chi connectivity index (χ0) is 30.3. The third-order valence-corrected chi connectivity index (χ3v) is 9.45. The standard InChI is InChI=1S/C42H37N3/c1-3-43(4-2)28-30-22-24-36-37-25-23-31(29-44-38-19-11-9-17-34(38)35-18-10-12-20-39(35)44)27-42(37)45(41(36)26-30)40-21-13-8-16-33(40)32-14-6-5-7-15-32/h5-27H,3-4,28-29H2,1-2H3. The molecule has 0 aliphatic carbocycles. The van der Waals surface area contributed by atoms with Crippen LogP contribution in [0.1, 0.15) is 25.0 Å². The number of hydrogen-bond donors (Lipinski definition) is 0. The molecule has 0 amide bonds. The van der Waals surface area contributed by atoms with E-state index in [2.05, 4.69) is 167 Å². The molecule has 0 spiro atoms. The summed E-state index contributed by atoms with van der Waals surface area (Å²) in [6.45, 7) is 8.32. The van der Waals surface area contributed by atoms with Gasteiger partial charge in [-0.25, -0.2) is 0 Å². The molecular weight excluding hydrogens is 546 g/mol. The van der Waals surface area contributed by atoms with Crippen molar-refractivity contribution in [2.24, 2.45) is 0 Å². The molecule has 3 nitrogen and oxygen atoms in total. The van der Waals surface area contributed by atoms with Crippen LogP contribution in [0.15, 0.2) is 140 Å². The molecule has 6 aromatic carbocycles. The molecule has 0 unspecified atom stereocenters. The molecule has 0 N–H and O–H groups in total. The molecule has 0 bridgehead atoms. The second-order valence-electron chi connectivity index (χ2n) is 12.0. The molecule has 0 saturated carbocycles. The Kier molecular flexibility index (Phi) is 6.96. The van der Waals surface area contributed by atoms with E-state index in [4.69, 9.17) is 0 Å². The molecule has 0 aliphatic heterocycles. The summed E-state index contributed by atoms with van der Waals surface area (Å²) in [6.07, 6.45) is 0. The van der Waals surface area contributed by atoms with E-state index in [0.717, 1.165) is 26.2 Å². The third kappa shape index (κ3) is 4.72. The zero-order valence-corrected chi connectivity index (χ0v) is 25.9. The zero-order valence-electron chi connectivity index (χ0n) is 25.9. The van der Waals surface area contributed by atoms with Gasteiger partial charge in [0.1, 0.15) is 0 Å². The van der Waals surface area contributed by atoms with Crippen LogP contribution in [0.3, 0.4) is 0 Å². The number of para-hydroxylation sites is 3. The molecule has 0 atom stereocenters. The van der Waals surface area contributed by atoms with Crippen molar-refractivity contribution in [3.63, 3.8) is 0 Å². The van der Waals surface area contributed by atoms with Crippen LogP contribution in [-0.4, -0.2) is 27.1 Å². The summed E-state index contributed by atoms with van der Waals surface area (Å²) in [5.74, 6) is 0. The maximum Gasteiger partial charge on any atom is 0.0544 e. The van der Waals surface area contributed by atoms with Gasteiger partial charge in [0, 0.05) is 51.2 Å². The minimum Gasteiger partial charge on any atom is -0.336 e. The second kappa shape index (κ2) is 11.4. The van der Waals surface area contributed by atoms with Gasteiger partial charge in [0.2, 0.25) is 0 Å². The average molecular weight is 584 g/mol. The van der Waals surface area contributed by atoms with Gasteiger partial charge in [0.25, 0.3) is 0 Å². The van der Waals surface area contributed by atoms with E-state index in [1.54, 1.807) is 0 Å². The molecular formula is C42H37N3. The van der Waals surface area contributed by atoms with Gasteiger partial charge >= 0.3 is 0 Å². The third-order valence-electron chi connectivity index (χ3n) is 9.45. The number of fused-ring (bicyclic) bond motifs is 6. The first-order valence-corrected chi connectivity index (χ1v) is 16.1. The van der Waals surface area contributed by atoms with E-state index < -0.39 is 0 Å². The minimum atomic E-state index is 0.805. The molecule has 220 valence electrons. The van der Waals surface area contributed by atoms with Gasteiger partial charge in [-0.05, 0) is 60.1 Å². The van der Waals surface area contributed by atoms with Crippen molar-refractivity contribution in [2.75, 3.05) is 13.1 Å². The van der Waals surface area contributed by atoms with Gasteiger partial charge in [-0.1, -0.05) is 123 Å². The lowest BCUT2D eigenvalue weighted by molar-refractivity contribution is 0.296. The predicted molar refractivity (Wildman–Crippen MR) is 191 cm³/mol. The molecule has 8 aromatic rings. The second-order valence-corrected chi connectivity index (χ2v) is 12.0. The van der Waals surface area contributed by atoms with Crippen molar-refractivity contribution >= 4 is 43.6 Å². The van der Waals surface area contributed by atoms with E-state index in [9.17, 15) is 0 Å². The Balaban J connectivity index is 1.36. The van der Waals surface area contributed by atoms with E-state index in [-0.39, 0.29) is 0 Å². The fourth-order valence-corrected chi connectivity index (χ4v) is 7.16. The topological polar surface area (TPSA) is 13.1 Å². The maximum absolute atomic E-state index is 2.51. The first kappa shape index (κ1) is 27.4. The number of nitrogens with zero attached hydrogens (tertiary/aromatic N) is 3. The molecule has 2 heterocycles. The highest BCUT2D eigenvalue weighted by Gasteiger charge is 2.18. The summed E-state index contributed by atoms with van der Waals surface area (Å²) in [7, 11) is 0. The van der Waals surface area contributed by atoms with Gasteiger partial charge < -0.3 is 9.13 Å². The van der Waals surface area contributed by atoms with E-state index in [1.165, 1.54) is 71.6 Å². The molecule has 2 aromatic heterocycles. The highest BCUT2D eigenvalue weighted by atomic mass is 15.1. The smallest absolute Gasteiger partial charge is 0.0544 e. The molecule has 0 fully saturated rings. The fraction of sp³-hybridized carbons (Fsp3) is 0.143. The van der Waals surface area contributed by atoms with Crippen molar-refractivity contribution in [3.05, 3.63) is 151 Å². The number of aromatic nitrogens is 2. The first-order valence-electron chi connectivity index (χ1n) is 16.1. The average Bonchev–Trinajstić information content (AvgIpc) is 3.59. The Morgan fingerprint density at radius 2 is 1.02 bits per heavy atom. The lowest BCUT2D eigenvalue weighted by Crippen LogP contribution is -2.22. The Morgan fingerprint density at radius 3 is 1.69 bits per heavy atom. The maximum atomic E-state index is 2.51. The van der Waals surface area contributed by atoms with E-state index >= 15 is 0 Å². The van der Waals surface area contributed by atoms with Crippen molar-refractivity contribution in [1.29, 1.82) is 0 Å². The van der Waals surface area contributed by atoms with Crippen LogP contribution in [0.2, 0.25) is 0 Å². The Morgan fingerprint density at radius 1 is 0.489 bits per heavy atom. The largest absolute Gasteiger partial charge is 0.336 e. The van der Waals surface area contributed by atoms with E-state index in [0.29, 0.717) is 0 Å². The summed E-state index contributed by atoms with van der Waals surface area (Å²) < 4.78 is 4.98.